The van der Waals surface area contributed by atoms with Gasteiger partial charge in [0.25, 0.3) is 0 Å². The highest BCUT2D eigenvalue weighted by molar-refractivity contribution is 5.77. The van der Waals surface area contributed by atoms with Crippen molar-refractivity contribution in [2.75, 3.05) is 6.54 Å². The summed E-state index contributed by atoms with van der Waals surface area (Å²) in [5, 5.41) is 9.71. The number of hydrogen-bond acceptors (Lipinski definition) is 2. The zero-order valence-electron chi connectivity index (χ0n) is 9.42. The van der Waals surface area contributed by atoms with E-state index in [4.69, 9.17) is 0 Å². The maximum absolute atomic E-state index is 11.8. The van der Waals surface area contributed by atoms with Gasteiger partial charge in [0.1, 0.15) is 0 Å². The molecule has 1 N–H and O–H groups in total. The Kier molecular flexibility index (Phi) is 3.53. The number of aliphatic hydroxyl groups excluding tert-OH is 1. The molecule has 0 aromatic heterocycles. The van der Waals surface area contributed by atoms with Crippen LogP contribution in [0.4, 0.5) is 0 Å². The fraction of sp³-hybridized carbons (Fsp3) is 0.909. The van der Waals surface area contributed by atoms with E-state index < -0.39 is 0 Å². The lowest BCUT2D eigenvalue weighted by molar-refractivity contribution is -0.136. The van der Waals surface area contributed by atoms with E-state index in [0.717, 1.165) is 12.8 Å². The largest absolute Gasteiger partial charge is 0.391 e. The summed E-state index contributed by atoms with van der Waals surface area (Å²) in [7, 11) is 0. The highest BCUT2D eigenvalue weighted by atomic mass is 16.3. The van der Waals surface area contributed by atoms with Crippen molar-refractivity contribution in [1.82, 2.24) is 4.90 Å². The molecular formula is C11H21NO2. The van der Waals surface area contributed by atoms with Crippen molar-refractivity contribution in [2.45, 2.75) is 58.1 Å². The molecule has 1 rings (SSSR count). The van der Waals surface area contributed by atoms with Gasteiger partial charge in [-0.25, -0.2) is 0 Å². The average Bonchev–Trinajstić information content (AvgIpc) is 2.38. The molecule has 1 aliphatic rings. The molecule has 0 radical (unpaired) electrons. The summed E-state index contributed by atoms with van der Waals surface area (Å²) in [6.07, 6.45) is 2.95. The second-order valence-electron chi connectivity index (χ2n) is 4.61. The molecule has 0 saturated carbocycles. The van der Waals surface area contributed by atoms with Gasteiger partial charge in [0, 0.05) is 13.0 Å². The first-order valence-corrected chi connectivity index (χ1v) is 5.48. The molecule has 0 aliphatic carbocycles. The first-order valence-electron chi connectivity index (χ1n) is 5.48. The third kappa shape index (κ3) is 2.08. The lowest BCUT2D eigenvalue weighted by Crippen LogP contribution is -2.47. The summed E-state index contributed by atoms with van der Waals surface area (Å²) >= 11 is 0. The molecule has 1 aliphatic heterocycles. The summed E-state index contributed by atoms with van der Waals surface area (Å²) in [4.78, 5) is 13.6. The first-order chi connectivity index (χ1) is 6.50. The second-order valence-corrected chi connectivity index (χ2v) is 4.61. The molecule has 1 atom stereocenters. The Morgan fingerprint density at radius 3 is 2.64 bits per heavy atom. The summed E-state index contributed by atoms with van der Waals surface area (Å²) in [5.74, 6) is 0.188. The highest BCUT2D eigenvalue weighted by Crippen LogP contribution is 2.29. The monoisotopic (exact) mass is 199 g/mol. The van der Waals surface area contributed by atoms with Crippen LogP contribution in [0.1, 0.15) is 46.5 Å². The van der Waals surface area contributed by atoms with Crippen molar-refractivity contribution in [3.8, 4) is 0 Å². The molecule has 1 fully saturated rings. The summed E-state index contributed by atoms with van der Waals surface area (Å²) in [6, 6.07) is 0. The number of hydrogen-bond donors (Lipinski definition) is 1. The van der Waals surface area contributed by atoms with E-state index in [-0.39, 0.29) is 17.6 Å². The standard InChI is InChI=1S/C11H21NO2/c1-4-5-6-10(14)12-8-7-9(13)11(12,2)3/h9,13H,4-8H2,1-3H3. The lowest BCUT2D eigenvalue weighted by Gasteiger charge is -2.33. The number of amides is 1. The van der Waals surface area contributed by atoms with Gasteiger partial charge in [-0.1, -0.05) is 13.3 Å². The number of carbonyl (C=O) groups is 1. The third-order valence-corrected chi connectivity index (χ3v) is 3.18. The van der Waals surface area contributed by atoms with Crippen LogP contribution in [0.5, 0.6) is 0 Å². The number of likely N-dealkylation sites (tertiary alicyclic amines) is 1. The predicted molar refractivity (Wildman–Crippen MR) is 55.9 cm³/mol. The van der Waals surface area contributed by atoms with Crippen molar-refractivity contribution in [3.63, 3.8) is 0 Å². The van der Waals surface area contributed by atoms with Crippen molar-refractivity contribution >= 4 is 5.91 Å². The van der Waals surface area contributed by atoms with Crippen LogP contribution >= 0.6 is 0 Å². The Labute approximate surface area is 86.1 Å². The smallest absolute Gasteiger partial charge is 0.223 e. The number of nitrogens with zero attached hydrogens (tertiary/aromatic N) is 1. The number of rotatable bonds is 3. The Hall–Kier alpha value is -0.570. The van der Waals surface area contributed by atoms with E-state index >= 15 is 0 Å². The van der Waals surface area contributed by atoms with E-state index in [1.165, 1.54) is 0 Å². The molecule has 1 saturated heterocycles. The molecule has 14 heavy (non-hydrogen) atoms. The van der Waals surface area contributed by atoms with Crippen LogP contribution in [0, 0.1) is 0 Å². The SMILES string of the molecule is CCCCC(=O)N1CCC(O)C1(C)C. The van der Waals surface area contributed by atoms with Crippen LogP contribution in [0.25, 0.3) is 0 Å². The average molecular weight is 199 g/mol. The molecule has 0 aromatic carbocycles. The molecule has 3 heteroatoms. The third-order valence-electron chi connectivity index (χ3n) is 3.18. The van der Waals surface area contributed by atoms with E-state index in [1.54, 1.807) is 0 Å². The summed E-state index contributed by atoms with van der Waals surface area (Å²) in [5.41, 5.74) is -0.370. The highest BCUT2D eigenvalue weighted by Gasteiger charge is 2.42. The molecule has 1 heterocycles. The zero-order valence-corrected chi connectivity index (χ0v) is 9.42. The normalized spacial score (nSPS) is 25.4. The van der Waals surface area contributed by atoms with Crippen LogP contribution in [-0.2, 0) is 4.79 Å². The predicted octanol–water partition coefficient (Wildman–Crippen LogP) is 1.55. The Bertz CT molecular complexity index is 213. The minimum absolute atomic E-state index is 0.188. The summed E-state index contributed by atoms with van der Waals surface area (Å²) < 4.78 is 0. The maximum Gasteiger partial charge on any atom is 0.223 e. The molecule has 82 valence electrons. The van der Waals surface area contributed by atoms with E-state index in [0.29, 0.717) is 19.4 Å². The van der Waals surface area contributed by atoms with Gasteiger partial charge in [-0.3, -0.25) is 4.79 Å². The van der Waals surface area contributed by atoms with E-state index in [9.17, 15) is 9.90 Å². The summed E-state index contributed by atoms with van der Waals surface area (Å²) in [6.45, 7) is 6.66. The zero-order chi connectivity index (χ0) is 10.8. The first kappa shape index (κ1) is 11.5. The molecular weight excluding hydrogens is 178 g/mol. The lowest BCUT2D eigenvalue weighted by atomic mass is 9.98. The molecule has 0 bridgehead atoms. The topological polar surface area (TPSA) is 40.5 Å². The van der Waals surface area contributed by atoms with Gasteiger partial charge in [-0.15, -0.1) is 0 Å². The molecule has 0 spiro atoms. The number of unbranched alkanes of at least 4 members (excludes halogenated alkanes) is 1. The van der Waals surface area contributed by atoms with Crippen molar-refractivity contribution < 1.29 is 9.90 Å². The second kappa shape index (κ2) is 4.30. The van der Waals surface area contributed by atoms with E-state index in [2.05, 4.69) is 6.92 Å². The fourth-order valence-electron chi connectivity index (χ4n) is 1.98. The van der Waals surface area contributed by atoms with Gasteiger partial charge in [0.15, 0.2) is 0 Å². The number of carbonyl (C=O) groups excluding carboxylic acids is 1. The van der Waals surface area contributed by atoms with Gasteiger partial charge in [0.2, 0.25) is 5.91 Å². The van der Waals surface area contributed by atoms with Gasteiger partial charge < -0.3 is 10.0 Å². The Morgan fingerprint density at radius 1 is 1.57 bits per heavy atom. The van der Waals surface area contributed by atoms with Crippen molar-refractivity contribution in [1.29, 1.82) is 0 Å². The molecule has 0 aromatic rings. The van der Waals surface area contributed by atoms with Gasteiger partial charge >= 0.3 is 0 Å². The van der Waals surface area contributed by atoms with Crippen LogP contribution in [0.3, 0.4) is 0 Å². The van der Waals surface area contributed by atoms with Crippen LogP contribution in [0.15, 0.2) is 0 Å². The molecule has 1 unspecified atom stereocenters. The molecule has 1 amide bonds. The van der Waals surface area contributed by atoms with Crippen LogP contribution in [0.2, 0.25) is 0 Å². The Balaban J connectivity index is 2.56. The van der Waals surface area contributed by atoms with Gasteiger partial charge in [-0.05, 0) is 26.7 Å². The van der Waals surface area contributed by atoms with Crippen LogP contribution in [-0.4, -0.2) is 34.1 Å². The van der Waals surface area contributed by atoms with E-state index in [1.807, 2.05) is 18.7 Å². The van der Waals surface area contributed by atoms with Gasteiger partial charge in [0.05, 0.1) is 11.6 Å². The fourth-order valence-corrected chi connectivity index (χ4v) is 1.98. The quantitative estimate of drug-likeness (QED) is 0.749. The Morgan fingerprint density at radius 2 is 2.21 bits per heavy atom. The van der Waals surface area contributed by atoms with Crippen LogP contribution < -0.4 is 0 Å². The maximum atomic E-state index is 11.8. The van der Waals surface area contributed by atoms with Crippen molar-refractivity contribution in [3.05, 3.63) is 0 Å². The number of aliphatic hydroxyl groups is 1. The van der Waals surface area contributed by atoms with Gasteiger partial charge in [-0.2, -0.15) is 0 Å². The molecule has 3 nitrogen and oxygen atoms in total. The van der Waals surface area contributed by atoms with Crippen molar-refractivity contribution in [2.24, 2.45) is 0 Å². The minimum atomic E-state index is -0.370. The minimum Gasteiger partial charge on any atom is -0.391 e.